The highest BCUT2D eigenvalue weighted by Gasteiger charge is 2.33. The van der Waals surface area contributed by atoms with E-state index in [1.54, 1.807) is 28.8 Å². The number of nitrogens with zero attached hydrogens (tertiary/aromatic N) is 2. The first kappa shape index (κ1) is 17.7. The number of benzene rings is 1. The zero-order valence-corrected chi connectivity index (χ0v) is 15.6. The van der Waals surface area contributed by atoms with Crippen LogP contribution < -0.4 is 5.32 Å². The summed E-state index contributed by atoms with van der Waals surface area (Å²) in [6.45, 7) is 5.47. The fraction of sp³-hybridized carbons (Fsp3) is 0.562. The zero-order valence-electron chi connectivity index (χ0n) is 14.0. The molecular weight excluding hydrogens is 346 g/mol. The molecule has 2 fully saturated rings. The summed E-state index contributed by atoms with van der Waals surface area (Å²) in [4.78, 5) is 14.5. The van der Waals surface area contributed by atoms with Gasteiger partial charge in [-0.05, 0) is 37.1 Å². The van der Waals surface area contributed by atoms with Crippen molar-refractivity contribution in [1.29, 1.82) is 0 Å². The van der Waals surface area contributed by atoms with Crippen LogP contribution in [0.5, 0.6) is 0 Å². The van der Waals surface area contributed by atoms with E-state index in [1.165, 1.54) is 4.31 Å². The second-order valence-corrected chi connectivity index (χ2v) is 9.22. The van der Waals surface area contributed by atoms with Gasteiger partial charge in [0, 0.05) is 37.8 Å². The molecule has 3 rings (SSSR count). The molecule has 1 aromatic carbocycles. The normalized spacial score (nSPS) is 22.8. The summed E-state index contributed by atoms with van der Waals surface area (Å²) < 4.78 is 27.1. The third kappa shape index (κ3) is 3.46. The molecule has 2 saturated heterocycles. The summed E-state index contributed by atoms with van der Waals surface area (Å²) in [5.74, 6) is 1.68. The molecule has 24 heavy (non-hydrogen) atoms. The molecule has 0 aromatic heterocycles. The highest BCUT2D eigenvalue weighted by Crippen LogP contribution is 2.21. The van der Waals surface area contributed by atoms with E-state index < -0.39 is 10.0 Å². The van der Waals surface area contributed by atoms with Gasteiger partial charge in [-0.2, -0.15) is 4.31 Å². The summed E-state index contributed by atoms with van der Waals surface area (Å²) in [7, 11) is -3.49. The van der Waals surface area contributed by atoms with Gasteiger partial charge in [0.1, 0.15) is 0 Å². The predicted octanol–water partition coefficient (Wildman–Crippen LogP) is 0.799. The van der Waals surface area contributed by atoms with Crippen molar-refractivity contribution in [3.8, 4) is 0 Å². The van der Waals surface area contributed by atoms with Gasteiger partial charge >= 0.3 is 0 Å². The first-order valence-corrected chi connectivity index (χ1v) is 10.7. The first-order valence-electron chi connectivity index (χ1n) is 8.07. The summed E-state index contributed by atoms with van der Waals surface area (Å²) >= 11 is 1.71. The number of amides is 1. The van der Waals surface area contributed by atoms with Gasteiger partial charge in [-0.3, -0.25) is 10.1 Å². The molecule has 1 N–H and O–H groups in total. The van der Waals surface area contributed by atoms with Crippen molar-refractivity contribution in [1.82, 2.24) is 14.5 Å². The molecule has 0 aliphatic carbocycles. The lowest BCUT2D eigenvalue weighted by atomic mass is 10.1. The van der Waals surface area contributed by atoms with E-state index in [0.717, 1.165) is 22.8 Å². The number of aryl methyl sites for hydroxylation is 2. The van der Waals surface area contributed by atoms with Gasteiger partial charge in [0.2, 0.25) is 15.9 Å². The Labute approximate surface area is 147 Å². The molecule has 1 amide bonds. The van der Waals surface area contributed by atoms with Crippen molar-refractivity contribution in [3.63, 3.8) is 0 Å². The number of carbonyl (C=O) groups excluding carboxylic acids is 1. The van der Waals surface area contributed by atoms with Crippen molar-refractivity contribution >= 4 is 27.7 Å². The molecule has 2 heterocycles. The zero-order chi connectivity index (χ0) is 17.3. The largest absolute Gasteiger partial charge is 0.339 e. The van der Waals surface area contributed by atoms with Gasteiger partial charge < -0.3 is 4.90 Å². The summed E-state index contributed by atoms with van der Waals surface area (Å²) in [5.41, 5.74) is 2.04. The second kappa shape index (κ2) is 7.03. The topological polar surface area (TPSA) is 69.7 Å². The van der Waals surface area contributed by atoms with Crippen LogP contribution >= 0.6 is 11.8 Å². The highest BCUT2D eigenvalue weighted by atomic mass is 32.2. The minimum Gasteiger partial charge on any atom is -0.339 e. The number of hydrogen-bond donors (Lipinski definition) is 1. The minimum absolute atomic E-state index is 0.0863. The van der Waals surface area contributed by atoms with Gasteiger partial charge in [-0.1, -0.05) is 6.07 Å². The van der Waals surface area contributed by atoms with E-state index in [9.17, 15) is 13.2 Å². The summed E-state index contributed by atoms with van der Waals surface area (Å²) in [6, 6.07) is 5.10. The molecular formula is C16H23N3O3S2. The van der Waals surface area contributed by atoms with Gasteiger partial charge in [-0.25, -0.2) is 8.42 Å². The molecule has 1 unspecified atom stereocenters. The molecule has 1 atom stereocenters. The van der Waals surface area contributed by atoms with Crippen LogP contribution in [0, 0.1) is 13.8 Å². The van der Waals surface area contributed by atoms with E-state index >= 15 is 0 Å². The molecule has 2 aliphatic rings. The van der Waals surface area contributed by atoms with Crippen molar-refractivity contribution in [2.24, 2.45) is 0 Å². The van der Waals surface area contributed by atoms with Crippen LogP contribution in [0.15, 0.2) is 23.1 Å². The first-order chi connectivity index (χ1) is 11.4. The van der Waals surface area contributed by atoms with Crippen LogP contribution in [-0.2, 0) is 14.8 Å². The number of carbonyl (C=O) groups is 1. The molecule has 2 aliphatic heterocycles. The Hall–Kier alpha value is -1.09. The van der Waals surface area contributed by atoms with Crippen LogP contribution in [0.25, 0.3) is 0 Å². The van der Waals surface area contributed by atoms with E-state index in [2.05, 4.69) is 5.32 Å². The Morgan fingerprint density at radius 3 is 2.46 bits per heavy atom. The van der Waals surface area contributed by atoms with Gasteiger partial charge in [-0.15, -0.1) is 11.8 Å². The Bertz CT molecular complexity index is 722. The molecule has 132 valence electrons. The fourth-order valence-corrected chi connectivity index (χ4v) is 5.39. The third-order valence-corrected chi connectivity index (χ3v) is 7.52. The standard InChI is InChI=1S/C16H23N3O3S2/c1-12-3-4-14(9-13(12)2)24(21,22)19-7-5-18(6-8-19)16(20)15-10-23-11-17-15/h3-4,9,15,17H,5-8,10-11H2,1-2H3. The predicted molar refractivity (Wildman–Crippen MR) is 95.5 cm³/mol. The van der Waals surface area contributed by atoms with E-state index in [4.69, 9.17) is 0 Å². The average molecular weight is 370 g/mol. The van der Waals surface area contributed by atoms with Crippen molar-refractivity contribution in [2.75, 3.05) is 37.8 Å². The lowest BCUT2D eigenvalue weighted by molar-refractivity contribution is -0.133. The maximum atomic E-state index is 12.8. The number of rotatable bonds is 3. The Kier molecular flexibility index (Phi) is 5.19. The van der Waals surface area contributed by atoms with Gasteiger partial charge in [0.25, 0.3) is 0 Å². The van der Waals surface area contributed by atoms with Crippen LogP contribution in [0.4, 0.5) is 0 Å². The lowest BCUT2D eigenvalue weighted by Gasteiger charge is -2.35. The number of sulfonamides is 1. The summed E-state index contributed by atoms with van der Waals surface area (Å²) in [5, 5.41) is 3.17. The number of thioether (sulfide) groups is 1. The molecule has 0 radical (unpaired) electrons. The third-order valence-electron chi connectivity index (χ3n) is 4.68. The number of nitrogens with one attached hydrogen (secondary N) is 1. The Morgan fingerprint density at radius 2 is 1.88 bits per heavy atom. The van der Waals surface area contributed by atoms with E-state index in [0.29, 0.717) is 31.1 Å². The molecule has 1 aromatic rings. The average Bonchev–Trinajstić information content (AvgIpc) is 3.11. The fourth-order valence-electron chi connectivity index (χ4n) is 2.95. The van der Waals surface area contributed by atoms with Crippen molar-refractivity contribution in [3.05, 3.63) is 29.3 Å². The Morgan fingerprint density at radius 1 is 1.17 bits per heavy atom. The van der Waals surface area contributed by atoms with E-state index in [-0.39, 0.29) is 11.9 Å². The minimum atomic E-state index is -3.49. The van der Waals surface area contributed by atoms with Gasteiger partial charge in [0.15, 0.2) is 0 Å². The molecule has 8 heteroatoms. The van der Waals surface area contributed by atoms with E-state index in [1.807, 2.05) is 19.9 Å². The highest BCUT2D eigenvalue weighted by molar-refractivity contribution is 7.99. The lowest BCUT2D eigenvalue weighted by Crippen LogP contribution is -2.54. The van der Waals surface area contributed by atoms with Crippen LogP contribution in [0.2, 0.25) is 0 Å². The maximum Gasteiger partial charge on any atom is 0.243 e. The molecule has 6 nitrogen and oxygen atoms in total. The second-order valence-electron chi connectivity index (χ2n) is 6.25. The van der Waals surface area contributed by atoms with Crippen LogP contribution in [0.3, 0.4) is 0 Å². The van der Waals surface area contributed by atoms with Crippen molar-refractivity contribution < 1.29 is 13.2 Å². The number of hydrogen-bond acceptors (Lipinski definition) is 5. The monoisotopic (exact) mass is 369 g/mol. The SMILES string of the molecule is Cc1ccc(S(=O)(=O)N2CCN(C(=O)C3CSCN3)CC2)cc1C. The van der Waals surface area contributed by atoms with Gasteiger partial charge in [0.05, 0.1) is 10.9 Å². The molecule has 0 saturated carbocycles. The van der Waals surface area contributed by atoms with Crippen LogP contribution in [0.1, 0.15) is 11.1 Å². The quantitative estimate of drug-likeness (QED) is 0.853. The molecule has 0 spiro atoms. The van der Waals surface area contributed by atoms with Crippen LogP contribution in [-0.4, -0.2) is 67.4 Å². The Balaban J connectivity index is 1.67. The summed E-state index contributed by atoms with van der Waals surface area (Å²) in [6.07, 6.45) is 0. The number of piperazine rings is 1. The van der Waals surface area contributed by atoms with Crippen molar-refractivity contribution in [2.45, 2.75) is 24.8 Å². The maximum absolute atomic E-state index is 12.8. The smallest absolute Gasteiger partial charge is 0.243 e. The molecule has 0 bridgehead atoms.